The first-order valence-electron chi connectivity index (χ1n) is 6.84. The molecule has 1 aliphatic heterocycles. The standard InChI is InChI=1S/C16H23NO/c1-16(2,3)15(18)17-11-6-9-13-7-4-5-8-14(13)10-12-17/h4-5,7-8H,6,9-12H2,1-3H3. The van der Waals surface area contributed by atoms with Crippen LogP contribution in [0.2, 0.25) is 0 Å². The molecule has 2 heteroatoms. The van der Waals surface area contributed by atoms with E-state index in [2.05, 4.69) is 24.3 Å². The Bertz CT molecular complexity index is 431. The third-order valence-electron chi connectivity index (χ3n) is 3.57. The zero-order valence-corrected chi connectivity index (χ0v) is 11.7. The highest BCUT2D eigenvalue weighted by Gasteiger charge is 2.27. The van der Waals surface area contributed by atoms with E-state index in [1.807, 2.05) is 25.7 Å². The van der Waals surface area contributed by atoms with Crippen molar-refractivity contribution in [1.29, 1.82) is 0 Å². The van der Waals surface area contributed by atoms with Crippen molar-refractivity contribution in [3.05, 3.63) is 35.4 Å². The van der Waals surface area contributed by atoms with Gasteiger partial charge in [-0.1, -0.05) is 45.0 Å². The smallest absolute Gasteiger partial charge is 0.227 e. The normalized spacial score (nSPS) is 16.7. The first-order valence-corrected chi connectivity index (χ1v) is 6.84. The van der Waals surface area contributed by atoms with Crippen LogP contribution < -0.4 is 0 Å². The Labute approximate surface area is 110 Å². The van der Waals surface area contributed by atoms with Crippen LogP contribution in [0.5, 0.6) is 0 Å². The first-order chi connectivity index (χ1) is 8.48. The van der Waals surface area contributed by atoms with E-state index in [-0.39, 0.29) is 11.3 Å². The fraction of sp³-hybridized carbons (Fsp3) is 0.562. The molecular weight excluding hydrogens is 222 g/mol. The molecule has 0 atom stereocenters. The summed E-state index contributed by atoms with van der Waals surface area (Å²) < 4.78 is 0. The van der Waals surface area contributed by atoms with E-state index in [1.165, 1.54) is 11.1 Å². The van der Waals surface area contributed by atoms with E-state index in [0.717, 1.165) is 32.4 Å². The molecule has 0 radical (unpaired) electrons. The summed E-state index contributed by atoms with van der Waals surface area (Å²) in [5.74, 6) is 0.280. The van der Waals surface area contributed by atoms with Crippen molar-refractivity contribution < 1.29 is 4.79 Å². The van der Waals surface area contributed by atoms with Crippen LogP contribution >= 0.6 is 0 Å². The van der Waals surface area contributed by atoms with Gasteiger partial charge in [0.2, 0.25) is 5.91 Å². The second kappa shape index (κ2) is 5.13. The number of hydrogen-bond donors (Lipinski definition) is 0. The lowest BCUT2D eigenvalue weighted by Gasteiger charge is -2.31. The van der Waals surface area contributed by atoms with Crippen LogP contribution in [0, 0.1) is 5.41 Å². The average Bonchev–Trinajstić information content (AvgIpc) is 2.28. The Kier molecular flexibility index (Phi) is 3.74. The summed E-state index contributed by atoms with van der Waals surface area (Å²) >= 11 is 0. The number of carbonyl (C=O) groups excluding carboxylic acids is 1. The number of hydrogen-bond acceptors (Lipinski definition) is 1. The van der Waals surface area contributed by atoms with E-state index >= 15 is 0 Å². The number of amides is 1. The van der Waals surface area contributed by atoms with Gasteiger partial charge in [-0.15, -0.1) is 0 Å². The summed E-state index contributed by atoms with van der Waals surface area (Å²) in [4.78, 5) is 14.4. The second-order valence-electron chi connectivity index (χ2n) is 6.16. The number of benzene rings is 1. The number of fused-ring (bicyclic) bond motifs is 1. The zero-order chi connectivity index (χ0) is 13.2. The van der Waals surface area contributed by atoms with Gasteiger partial charge >= 0.3 is 0 Å². The predicted molar refractivity (Wildman–Crippen MR) is 74.5 cm³/mol. The highest BCUT2D eigenvalue weighted by atomic mass is 16.2. The topological polar surface area (TPSA) is 20.3 Å². The number of nitrogens with zero attached hydrogens (tertiary/aromatic N) is 1. The number of carbonyl (C=O) groups is 1. The minimum absolute atomic E-state index is 0.265. The van der Waals surface area contributed by atoms with Gasteiger partial charge in [-0.2, -0.15) is 0 Å². The van der Waals surface area contributed by atoms with E-state index < -0.39 is 0 Å². The minimum Gasteiger partial charge on any atom is -0.342 e. The zero-order valence-electron chi connectivity index (χ0n) is 11.7. The molecule has 18 heavy (non-hydrogen) atoms. The lowest BCUT2D eigenvalue weighted by Crippen LogP contribution is -2.42. The summed E-state index contributed by atoms with van der Waals surface area (Å²) in [6.45, 7) is 7.75. The fourth-order valence-corrected chi connectivity index (χ4v) is 2.55. The lowest BCUT2D eigenvalue weighted by molar-refractivity contribution is -0.139. The molecule has 2 nitrogen and oxygen atoms in total. The van der Waals surface area contributed by atoms with Gasteiger partial charge in [0.05, 0.1) is 0 Å². The Morgan fingerprint density at radius 1 is 1.06 bits per heavy atom. The van der Waals surface area contributed by atoms with Gasteiger partial charge in [0.1, 0.15) is 0 Å². The summed E-state index contributed by atoms with van der Waals surface area (Å²) in [7, 11) is 0. The van der Waals surface area contributed by atoms with E-state index in [1.54, 1.807) is 0 Å². The van der Waals surface area contributed by atoms with Crippen LogP contribution in [0.15, 0.2) is 24.3 Å². The molecule has 0 fully saturated rings. The predicted octanol–water partition coefficient (Wildman–Crippen LogP) is 3.05. The molecule has 0 bridgehead atoms. The lowest BCUT2D eigenvalue weighted by atomic mass is 9.92. The third kappa shape index (κ3) is 2.92. The average molecular weight is 245 g/mol. The van der Waals surface area contributed by atoms with Gasteiger partial charge in [-0.05, 0) is 30.4 Å². The van der Waals surface area contributed by atoms with Crippen molar-refractivity contribution in [3.63, 3.8) is 0 Å². The largest absolute Gasteiger partial charge is 0.342 e. The van der Waals surface area contributed by atoms with E-state index in [4.69, 9.17) is 0 Å². The number of rotatable bonds is 0. The highest BCUT2D eigenvalue weighted by Crippen LogP contribution is 2.21. The van der Waals surface area contributed by atoms with Crippen molar-refractivity contribution >= 4 is 5.91 Å². The van der Waals surface area contributed by atoms with Gasteiger partial charge in [0, 0.05) is 18.5 Å². The molecule has 1 aliphatic rings. The fourth-order valence-electron chi connectivity index (χ4n) is 2.55. The van der Waals surface area contributed by atoms with Crippen LogP contribution in [0.1, 0.15) is 38.3 Å². The summed E-state index contributed by atoms with van der Waals surface area (Å²) in [5.41, 5.74) is 2.60. The minimum atomic E-state index is -0.265. The summed E-state index contributed by atoms with van der Waals surface area (Å²) in [6, 6.07) is 8.62. The molecule has 0 aromatic heterocycles. The Morgan fingerprint density at radius 2 is 1.67 bits per heavy atom. The van der Waals surface area contributed by atoms with Crippen LogP contribution in [-0.4, -0.2) is 23.9 Å². The molecule has 0 saturated carbocycles. The molecule has 0 N–H and O–H groups in total. The van der Waals surface area contributed by atoms with E-state index in [0.29, 0.717) is 0 Å². The molecule has 1 amide bonds. The highest BCUT2D eigenvalue weighted by molar-refractivity contribution is 5.81. The van der Waals surface area contributed by atoms with Gasteiger partial charge in [-0.25, -0.2) is 0 Å². The van der Waals surface area contributed by atoms with Gasteiger partial charge < -0.3 is 4.90 Å². The third-order valence-corrected chi connectivity index (χ3v) is 3.57. The summed E-state index contributed by atoms with van der Waals surface area (Å²) in [5, 5.41) is 0. The van der Waals surface area contributed by atoms with Crippen LogP contribution in [0.4, 0.5) is 0 Å². The number of aryl methyl sites for hydroxylation is 1. The van der Waals surface area contributed by atoms with Gasteiger partial charge in [0.25, 0.3) is 0 Å². The van der Waals surface area contributed by atoms with E-state index in [9.17, 15) is 4.79 Å². The molecule has 1 heterocycles. The SMILES string of the molecule is CC(C)(C)C(=O)N1CCCc2ccccc2CC1. The molecular formula is C16H23NO. The maximum absolute atomic E-state index is 12.3. The monoisotopic (exact) mass is 245 g/mol. The maximum atomic E-state index is 12.3. The quantitative estimate of drug-likeness (QED) is 0.688. The molecule has 1 aromatic rings. The molecule has 98 valence electrons. The van der Waals surface area contributed by atoms with Crippen molar-refractivity contribution in [2.24, 2.45) is 5.41 Å². The molecule has 2 rings (SSSR count). The van der Waals surface area contributed by atoms with Gasteiger partial charge in [-0.3, -0.25) is 4.79 Å². The second-order valence-corrected chi connectivity index (χ2v) is 6.16. The Balaban J connectivity index is 2.11. The molecule has 0 saturated heterocycles. The van der Waals surface area contributed by atoms with Crippen LogP contribution in [0.3, 0.4) is 0 Å². The Hall–Kier alpha value is -1.31. The van der Waals surface area contributed by atoms with Crippen molar-refractivity contribution in [2.45, 2.75) is 40.0 Å². The van der Waals surface area contributed by atoms with Crippen molar-refractivity contribution in [2.75, 3.05) is 13.1 Å². The Morgan fingerprint density at radius 3 is 2.28 bits per heavy atom. The van der Waals surface area contributed by atoms with Gasteiger partial charge in [0.15, 0.2) is 0 Å². The molecule has 0 spiro atoms. The molecule has 0 unspecified atom stereocenters. The van der Waals surface area contributed by atoms with Crippen molar-refractivity contribution in [3.8, 4) is 0 Å². The van der Waals surface area contributed by atoms with Crippen LogP contribution in [0.25, 0.3) is 0 Å². The molecule has 1 aromatic carbocycles. The van der Waals surface area contributed by atoms with Crippen molar-refractivity contribution in [1.82, 2.24) is 4.90 Å². The first kappa shape index (κ1) is 13.1. The van der Waals surface area contributed by atoms with Crippen LogP contribution in [-0.2, 0) is 17.6 Å². The maximum Gasteiger partial charge on any atom is 0.227 e. The summed E-state index contributed by atoms with van der Waals surface area (Å²) in [6.07, 6.45) is 3.14. The molecule has 0 aliphatic carbocycles.